The second kappa shape index (κ2) is 14.5. The molecular formula is C40H40ClN3O7. The van der Waals surface area contributed by atoms with E-state index in [-0.39, 0.29) is 31.8 Å². The van der Waals surface area contributed by atoms with Crippen LogP contribution in [-0.4, -0.2) is 77.2 Å². The molecular weight excluding hydrogens is 670 g/mol. The Bertz CT molecular complexity index is 1850. The van der Waals surface area contributed by atoms with Crippen LogP contribution in [-0.2, 0) is 35.1 Å². The predicted octanol–water partition coefficient (Wildman–Crippen LogP) is 4.49. The molecule has 3 aromatic carbocycles. The standard InChI is InChI=1S/C40H40ClN3O7/c1-25-12-10-17-29(41)35(25)43-21-11-20-40-34(37(47)44(36(40)38(43)48)28(24-45)22-26-13-4-2-5-14-26)33-30(51-40)18-8-9-19-32(46)42-23-31(50-39(33)49)27-15-6-3-7-16-27/h2-8,10-18,20,28,30-31,33-34,36,45H,9,19,21-24H2,1H3,(H,42,46)/b18-8-/t28-,30+,31-,33-,34-,36+,40-/m1/s1. The number of nitrogens with one attached hydrogen (secondary N) is 1. The second-order valence-corrected chi connectivity index (χ2v) is 13.9. The summed E-state index contributed by atoms with van der Waals surface area (Å²) in [4.78, 5) is 60.3. The lowest BCUT2D eigenvalue weighted by Crippen LogP contribution is -2.58. The average Bonchev–Trinajstić information content (AvgIpc) is 3.53. The lowest BCUT2D eigenvalue weighted by atomic mass is 9.77. The highest BCUT2D eigenvalue weighted by Crippen LogP contribution is 2.54. The Labute approximate surface area is 301 Å². The van der Waals surface area contributed by atoms with Crippen molar-refractivity contribution in [1.82, 2.24) is 10.2 Å². The Balaban J connectivity index is 1.35. The van der Waals surface area contributed by atoms with Crippen molar-refractivity contribution in [2.24, 2.45) is 11.8 Å². The van der Waals surface area contributed by atoms with Gasteiger partial charge in [-0.15, -0.1) is 0 Å². The van der Waals surface area contributed by atoms with E-state index in [1.54, 1.807) is 41.3 Å². The Kier molecular flexibility index (Phi) is 9.83. The molecule has 0 aliphatic carbocycles. The van der Waals surface area contributed by atoms with Gasteiger partial charge in [0.05, 0.1) is 41.9 Å². The third-order valence-corrected chi connectivity index (χ3v) is 10.7. The summed E-state index contributed by atoms with van der Waals surface area (Å²) in [6.07, 6.45) is 6.07. The van der Waals surface area contributed by atoms with Gasteiger partial charge in [-0.2, -0.15) is 0 Å². The zero-order chi connectivity index (χ0) is 35.7. The van der Waals surface area contributed by atoms with Crippen molar-refractivity contribution in [2.75, 3.05) is 24.6 Å². The molecule has 1 spiro atoms. The van der Waals surface area contributed by atoms with Crippen LogP contribution in [0.25, 0.3) is 0 Å². The maximum Gasteiger partial charge on any atom is 0.313 e. The van der Waals surface area contributed by atoms with Gasteiger partial charge < -0.3 is 29.7 Å². The van der Waals surface area contributed by atoms with E-state index in [9.17, 15) is 14.7 Å². The second-order valence-electron chi connectivity index (χ2n) is 13.5. The monoisotopic (exact) mass is 709 g/mol. The van der Waals surface area contributed by atoms with Gasteiger partial charge in [-0.25, -0.2) is 0 Å². The minimum atomic E-state index is -1.59. The minimum absolute atomic E-state index is 0.0449. The van der Waals surface area contributed by atoms with E-state index in [0.29, 0.717) is 22.7 Å². The molecule has 7 atom stereocenters. The highest BCUT2D eigenvalue weighted by atomic mass is 35.5. The van der Waals surface area contributed by atoms with Gasteiger partial charge in [0, 0.05) is 13.0 Å². The first kappa shape index (κ1) is 34.7. The molecule has 4 aliphatic heterocycles. The minimum Gasteiger partial charge on any atom is -0.455 e. The highest BCUT2D eigenvalue weighted by Gasteiger charge is 2.72. The van der Waals surface area contributed by atoms with Gasteiger partial charge in [0.15, 0.2) is 0 Å². The lowest BCUT2D eigenvalue weighted by molar-refractivity contribution is -0.160. The van der Waals surface area contributed by atoms with E-state index in [1.165, 1.54) is 4.90 Å². The van der Waals surface area contributed by atoms with Gasteiger partial charge in [0.1, 0.15) is 23.7 Å². The summed E-state index contributed by atoms with van der Waals surface area (Å²) in [5.41, 5.74) is 1.24. The van der Waals surface area contributed by atoms with Crippen LogP contribution in [0.1, 0.15) is 35.6 Å². The third-order valence-electron chi connectivity index (χ3n) is 10.4. The lowest BCUT2D eigenvalue weighted by Gasteiger charge is -2.39. The summed E-state index contributed by atoms with van der Waals surface area (Å²) in [5, 5.41) is 14.1. The third kappa shape index (κ3) is 6.37. The molecule has 7 rings (SSSR count). The van der Waals surface area contributed by atoms with E-state index in [4.69, 9.17) is 21.1 Å². The van der Waals surface area contributed by atoms with Crippen molar-refractivity contribution in [3.63, 3.8) is 0 Å². The molecule has 10 nitrogen and oxygen atoms in total. The first-order chi connectivity index (χ1) is 24.7. The number of likely N-dealkylation sites (tertiary alicyclic amines) is 1. The van der Waals surface area contributed by atoms with Crippen LogP contribution in [0.5, 0.6) is 0 Å². The van der Waals surface area contributed by atoms with Crippen molar-refractivity contribution in [3.8, 4) is 0 Å². The fourth-order valence-electron chi connectivity index (χ4n) is 8.04. The normalized spacial score (nSPS) is 29.1. The number of para-hydroxylation sites is 1. The maximum absolute atomic E-state index is 15.1. The molecule has 4 aliphatic rings. The summed E-state index contributed by atoms with van der Waals surface area (Å²) in [6, 6.07) is 21.9. The average molecular weight is 710 g/mol. The predicted molar refractivity (Wildman–Crippen MR) is 191 cm³/mol. The number of nitrogens with zero attached hydrogens (tertiary/aromatic N) is 2. The topological polar surface area (TPSA) is 125 Å². The number of carbonyl (C=O) groups excluding carboxylic acids is 4. The Morgan fingerprint density at radius 1 is 0.961 bits per heavy atom. The number of carbonyl (C=O) groups is 4. The van der Waals surface area contributed by atoms with Gasteiger partial charge in [0.2, 0.25) is 11.8 Å². The number of aliphatic hydroxyl groups excluding tert-OH is 1. The number of fused-ring (bicyclic) bond motifs is 2. The van der Waals surface area contributed by atoms with E-state index >= 15 is 9.59 Å². The molecule has 2 saturated heterocycles. The Hall–Kier alpha value is -4.77. The van der Waals surface area contributed by atoms with Crippen LogP contribution in [0.15, 0.2) is 103 Å². The van der Waals surface area contributed by atoms with Gasteiger partial charge >= 0.3 is 5.97 Å². The van der Waals surface area contributed by atoms with Gasteiger partial charge in [-0.1, -0.05) is 109 Å². The fourth-order valence-corrected chi connectivity index (χ4v) is 8.37. The number of allylic oxidation sites excluding steroid dienone is 1. The first-order valence-electron chi connectivity index (χ1n) is 17.3. The van der Waals surface area contributed by atoms with Crippen LogP contribution < -0.4 is 10.2 Å². The number of hydrogen-bond donors (Lipinski definition) is 2. The number of anilines is 1. The molecule has 3 amide bonds. The Morgan fingerprint density at radius 3 is 2.43 bits per heavy atom. The van der Waals surface area contributed by atoms with Crippen LogP contribution in [0.2, 0.25) is 5.02 Å². The number of esters is 1. The van der Waals surface area contributed by atoms with E-state index < -0.39 is 66.1 Å². The molecule has 51 heavy (non-hydrogen) atoms. The Morgan fingerprint density at radius 2 is 1.71 bits per heavy atom. The SMILES string of the molecule is Cc1cccc(Cl)c1N1CC=C[C@@]23O[C@H]4/C=C\CCC(=O)NC[C@H](c5ccccc5)OC(=O)[C@H]4[C@@H]2C(=O)N([C@@H](CO)Cc2ccccc2)[C@H]3C1=O. The summed E-state index contributed by atoms with van der Waals surface area (Å²) >= 11 is 6.71. The van der Waals surface area contributed by atoms with E-state index in [1.807, 2.05) is 73.7 Å². The molecule has 0 unspecified atom stereocenters. The zero-order valence-electron chi connectivity index (χ0n) is 28.2. The number of rotatable bonds is 6. The molecule has 3 aromatic rings. The largest absolute Gasteiger partial charge is 0.455 e. The number of benzene rings is 3. The van der Waals surface area contributed by atoms with Crippen LogP contribution in [0, 0.1) is 18.8 Å². The van der Waals surface area contributed by atoms with Crippen LogP contribution in [0.3, 0.4) is 0 Å². The van der Waals surface area contributed by atoms with Crippen molar-refractivity contribution in [3.05, 3.63) is 125 Å². The molecule has 0 saturated carbocycles. The molecule has 0 aromatic heterocycles. The van der Waals surface area contributed by atoms with Gasteiger partial charge in [-0.3, -0.25) is 19.2 Å². The molecule has 264 valence electrons. The number of cyclic esters (lactones) is 1. The zero-order valence-corrected chi connectivity index (χ0v) is 28.9. The molecule has 0 bridgehead atoms. The van der Waals surface area contributed by atoms with E-state index in [2.05, 4.69) is 5.32 Å². The number of hydrogen-bond acceptors (Lipinski definition) is 7. The maximum atomic E-state index is 15.1. The summed E-state index contributed by atoms with van der Waals surface area (Å²) in [6.45, 7) is 1.61. The summed E-state index contributed by atoms with van der Waals surface area (Å²) < 4.78 is 13.0. The number of amides is 3. The summed E-state index contributed by atoms with van der Waals surface area (Å²) in [7, 11) is 0. The van der Waals surface area contributed by atoms with Crippen LogP contribution in [0.4, 0.5) is 5.69 Å². The number of aryl methyl sites for hydroxylation is 1. The van der Waals surface area contributed by atoms with Crippen LogP contribution >= 0.6 is 11.6 Å². The molecule has 11 heteroatoms. The van der Waals surface area contributed by atoms with Crippen molar-refractivity contribution < 1.29 is 33.8 Å². The quantitative estimate of drug-likeness (QED) is 0.286. The fraction of sp³-hybridized carbons (Fsp3) is 0.350. The number of halogens is 1. The molecule has 0 radical (unpaired) electrons. The van der Waals surface area contributed by atoms with E-state index in [0.717, 1.165) is 11.1 Å². The molecule has 2 N–H and O–H groups in total. The highest BCUT2D eigenvalue weighted by molar-refractivity contribution is 6.34. The van der Waals surface area contributed by atoms with Crippen molar-refractivity contribution in [1.29, 1.82) is 0 Å². The van der Waals surface area contributed by atoms with Crippen molar-refractivity contribution in [2.45, 2.75) is 56.1 Å². The number of ether oxygens (including phenoxy) is 2. The molecule has 4 heterocycles. The van der Waals surface area contributed by atoms with Crippen molar-refractivity contribution >= 4 is 41.0 Å². The first-order valence-corrected chi connectivity index (χ1v) is 17.7. The summed E-state index contributed by atoms with van der Waals surface area (Å²) in [5.74, 6) is -4.09. The molecule has 2 fully saturated rings. The number of aliphatic hydroxyl groups is 1. The smallest absolute Gasteiger partial charge is 0.313 e. The van der Waals surface area contributed by atoms with Gasteiger partial charge in [-0.05, 0) is 42.5 Å². The van der Waals surface area contributed by atoms with Gasteiger partial charge in [0.25, 0.3) is 5.91 Å².